The maximum Gasteiger partial charge on any atom is 0.412 e. The summed E-state index contributed by atoms with van der Waals surface area (Å²) in [4.78, 5) is 12.1. The smallest absolute Gasteiger partial charge is 0.412 e. The van der Waals surface area contributed by atoms with Crippen LogP contribution in [0.15, 0.2) is 23.4 Å². The molecule has 1 aliphatic rings. The molecular formula is C9H13NO2. The zero-order chi connectivity index (χ0) is 9.30. The highest BCUT2D eigenvalue weighted by Crippen LogP contribution is 2.19. The maximum absolute atomic E-state index is 10.7. The minimum absolute atomic E-state index is 0.0486. The molecule has 1 aliphatic heterocycles. The van der Waals surface area contributed by atoms with Gasteiger partial charge in [0.1, 0.15) is 0 Å². The van der Waals surface area contributed by atoms with Crippen LogP contribution in [-0.4, -0.2) is 22.1 Å². The molecule has 0 radical (unpaired) electrons. The fourth-order valence-corrected chi connectivity index (χ4v) is 1.55. The Balaban J connectivity index is 2.94. The van der Waals surface area contributed by atoms with E-state index >= 15 is 0 Å². The average molecular weight is 167 g/mol. The van der Waals surface area contributed by atoms with Gasteiger partial charge in [0.25, 0.3) is 0 Å². The first-order valence-electron chi connectivity index (χ1n) is 3.91. The number of allylic oxidation sites excluding steroid dienone is 3. The molecule has 66 valence electrons. The zero-order valence-corrected chi connectivity index (χ0v) is 7.53. The van der Waals surface area contributed by atoms with E-state index in [2.05, 4.69) is 0 Å². The van der Waals surface area contributed by atoms with Crippen LogP contribution in [0.2, 0.25) is 0 Å². The normalized spacial score (nSPS) is 23.2. The SMILES string of the molecule is CC1=CC(C)N(C(=O)O)C(C)=C1. The number of hydrogen-bond donors (Lipinski definition) is 1. The van der Waals surface area contributed by atoms with Crippen molar-refractivity contribution in [3.8, 4) is 0 Å². The van der Waals surface area contributed by atoms with Crippen LogP contribution in [0.4, 0.5) is 4.79 Å². The highest BCUT2D eigenvalue weighted by molar-refractivity contribution is 5.69. The lowest BCUT2D eigenvalue weighted by Crippen LogP contribution is -2.36. The van der Waals surface area contributed by atoms with Crippen molar-refractivity contribution in [2.45, 2.75) is 26.8 Å². The molecule has 1 amide bonds. The lowest BCUT2D eigenvalue weighted by molar-refractivity contribution is 0.151. The summed E-state index contributed by atoms with van der Waals surface area (Å²) in [5.41, 5.74) is 1.91. The predicted molar refractivity (Wildman–Crippen MR) is 46.8 cm³/mol. The van der Waals surface area contributed by atoms with Gasteiger partial charge in [-0.1, -0.05) is 11.6 Å². The summed E-state index contributed by atoms with van der Waals surface area (Å²) in [6.45, 7) is 5.65. The van der Waals surface area contributed by atoms with Gasteiger partial charge in [0.15, 0.2) is 0 Å². The number of rotatable bonds is 0. The quantitative estimate of drug-likeness (QED) is 0.601. The largest absolute Gasteiger partial charge is 0.465 e. The van der Waals surface area contributed by atoms with Gasteiger partial charge in [-0.15, -0.1) is 0 Å². The van der Waals surface area contributed by atoms with Crippen molar-refractivity contribution < 1.29 is 9.90 Å². The molecule has 1 unspecified atom stereocenters. The lowest BCUT2D eigenvalue weighted by Gasteiger charge is -2.28. The van der Waals surface area contributed by atoms with Crippen LogP contribution in [-0.2, 0) is 0 Å². The molecule has 0 aromatic carbocycles. The van der Waals surface area contributed by atoms with Gasteiger partial charge in [0, 0.05) is 5.70 Å². The Kier molecular flexibility index (Phi) is 2.22. The third-order valence-corrected chi connectivity index (χ3v) is 1.93. The van der Waals surface area contributed by atoms with Gasteiger partial charge in [0.2, 0.25) is 0 Å². The summed E-state index contributed by atoms with van der Waals surface area (Å²) in [7, 11) is 0. The van der Waals surface area contributed by atoms with Crippen molar-refractivity contribution in [2.75, 3.05) is 0 Å². The second-order valence-corrected chi connectivity index (χ2v) is 3.09. The molecular weight excluding hydrogens is 154 g/mol. The van der Waals surface area contributed by atoms with Crippen LogP contribution in [0.1, 0.15) is 20.8 Å². The molecule has 0 bridgehead atoms. The minimum atomic E-state index is -0.889. The Morgan fingerprint density at radius 3 is 2.58 bits per heavy atom. The molecule has 12 heavy (non-hydrogen) atoms. The molecule has 1 N–H and O–H groups in total. The van der Waals surface area contributed by atoms with Crippen molar-refractivity contribution >= 4 is 6.09 Å². The fraction of sp³-hybridized carbons (Fsp3) is 0.444. The number of nitrogens with zero attached hydrogens (tertiary/aromatic N) is 1. The van der Waals surface area contributed by atoms with Crippen LogP contribution in [0.25, 0.3) is 0 Å². The Labute approximate surface area is 72.0 Å². The lowest BCUT2D eigenvalue weighted by atomic mass is 10.1. The first kappa shape index (κ1) is 8.84. The number of hydrogen-bond acceptors (Lipinski definition) is 1. The predicted octanol–water partition coefficient (Wildman–Crippen LogP) is 2.22. The van der Waals surface area contributed by atoms with E-state index < -0.39 is 6.09 Å². The van der Waals surface area contributed by atoms with E-state index in [4.69, 9.17) is 5.11 Å². The van der Waals surface area contributed by atoms with E-state index in [1.165, 1.54) is 4.90 Å². The molecule has 0 saturated carbocycles. The Morgan fingerprint density at radius 2 is 2.17 bits per heavy atom. The van der Waals surface area contributed by atoms with Crippen LogP contribution in [0.3, 0.4) is 0 Å². The molecule has 0 fully saturated rings. The number of carbonyl (C=O) groups is 1. The van der Waals surface area contributed by atoms with Crippen LogP contribution < -0.4 is 0 Å². The number of carboxylic acid groups (broad SMARTS) is 1. The summed E-state index contributed by atoms with van der Waals surface area (Å²) in [5, 5.41) is 8.82. The number of amides is 1. The zero-order valence-electron chi connectivity index (χ0n) is 7.53. The van der Waals surface area contributed by atoms with Gasteiger partial charge in [-0.05, 0) is 26.8 Å². The van der Waals surface area contributed by atoms with Crippen LogP contribution >= 0.6 is 0 Å². The van der Waals surface area contributed by atoms with Gasteiger partial charge in [0.05, 0.1) is 6.04 Å². The van der Waals surface area contributed by atoms with Gasteiger partial charge in [-0.2, -0.15) is 0 Å². The Morgan fingerprint density at radius 1 is 1.58 bits per heavy atom. The second-order valence-electron chi connectivity index (χ2n) is 3.09. The van der Waals surface area contributed by atoms with E-state index in [1.807, 2.05) is 26.0 Å². The molecule has 3 heteroatoms. The molecule has 3 nitrogen and oxygen atoms in total. The second kappa shape index (κ2) is 3.01. The average Bonchev–Trinajstić information content (AvgIpc) is 1.82. The summed E-state index contributed by atoms with van der Waals surface area (Å²) in [6.07, 6.45) is 2.91. The van der Waals surface area contributed by atoms with Crippen LogP contribution in [0, 0.1) is 0 Å². The monoisotopic (exact) mass is 167 g/mol. The van der Waals surface area contributed by atoms with Crippen molar-refractivity contribution in [3.05, 3.63) is 23.4 Å². The topological polar surface area (TPSA) is 40.5 Å². The van der Waals surface area contributed by atoms with E-state index in [-0.39, 0.29) is 6.04 Å². The van der Waals surface area contributed by atoms with Gasteiger partial charge < -0.3 is 5.11 Å². The highest BCUT2D eigenvalue weighted by Gasteiger charge is 2.21. The molecule has 1 rings (SSSR count). The summed E-state index contributed by atoms with van der Waals surface area (Å²) < 4.78 is 0. The molecule has 0 aliphatic carbocycles. The standard InChI is InChI=1S/C9H13NO2/c1-6-4-7(2)10(9(11)12)8(3)5-6/h4-5,7H,1-3H3,(H,11,12). The van der Waals surface area contributed by atoms with Gasteiger partial charge in [-0.25, -0.2) is 4.79 Å². The molecule has 0 spiro atoms. The molecule has 1 heterocycles. The maximum atomic E-state index is 10.7. The van der Waals surface area contributed by atoms with Crippen molar-refractivity contribution in [1.29, 1.82) is 0 Å². The van der Waals surface area contributed by atoms with Gasteiger partial charge >= 0.3 is 6.09 Å². The first-order valence-corrected chi connectivity index (χ1v) is 3.91. The molecule has 0 saturated heterocycles. The molecule has 0 aromatic heterocycles. The molecule has 1 atom stereocenters. The van der Waals surface area contributed by atoms with E-state index in [9.17, 15) is 4.79 Å². The highest BCUT2D eigenvalue weighted by atomic mass is 16.4. The van der Waals surface area contributed by atoms with Crippen LogP contribution in [0.5, 0.6) is 0 Å². The summed E-state index contributed by atoms with van der Waals surface area (Å²) in [6, 6.07) is -0.0486. The van der Waals surface area contributed by atoms with Crippen molar-refractivity contribution in [1.82, 2.24) is 4.90 Å². The summed E-state index contributed by atoms with van der Waals surface area (Å²) >= 11 is 0. The minimum Gasteiger partial charge on any atom is -0.465 e. The van der Waals surface area contributed by atoms with Crippen molar-refractivity contribution in [3.63, 3.8) is 0 Å². The first-order chi connectivity index (χ1) is 5.52. The van der Waals surface area contributed by atoms with E-state index in [0.29, 0.717) is 0 Å². The summed E-state index contributed by atoms with van der Waals surface area (Å²) in [5.74, 6) is 0. The van der Waals surface area contributed by atoms with Crippen molar-refractivity contribution in [2.24, 2.45) is 0 Å². The molecule has 0 aromatic rings. The Hall–Kier alpha value is -1.25. The third-order valence-electron chi connectivity index (χ3n) is 1.93. The fourth-order valence-electron chi connectivity index (χ4n) is 1.55. The Bertz CT molecular complexity index is 266. The van der Waals surface area contributed by atoms with E-state index in [1.54, 1.807) is 6.92 Å². The third kappa shape index (κ3) is 1.49. The van der Waals surface area contributed by atoms with E-state index in [0.717, 1.165) is 11.3 Å². The van der Waals surface area contributed by atoms with Gasteiger partial charge in [-0.3, -0.25) is 4.90 Å².